The monoisotopic (exact) mass is 536 g/mol. The predicted octanol–water partition coefficient (Wildman–Crippen LogP) is 5.65. The zero-order valence-electron chi connectivity index (χ0n) is 19.1. The third-order valence-corrected chi connectivity index (χ3v) is 6.60. The highest BCUT2D eigenvalue weighted by atomic mass is 79.9. The second-order valence-corrected chi connectivity index (χ2v) is 9.41. The summed E-state index contributed by atoms with van der Waals surface area (Å²) in [7, 11) is 0. The first kappa shape index (κ1) is 24.5. The third kappa shape index (κ3) is 5.71. The van der Waals surface area contributed by atoms with Crippen molar-refractivity contribution in [2.24, 2.45) is 5.92 Å². The number of amides is 2. The van der Waals surface area contributed by atoms with E-state index >= 15 is 0 Å². The van der Waals surface area contributed by atoms with E-state index in [1.807, 2.05) is 24.3 Å². The molecule has 1 aliphatic carbocycles. The Labute approximate surface area is 211 Å². The Balaban J connectivity index is 1.35. The number of aliphatic carboxylic acids is 1. The maximum absolute atomic E-state index is 12.5. The van der Waals surface area contributed by atoms with E-state index in [0.29, 0.717) is 15.7 Å². The molecule has 3 N–H and O–H groups in total. The number of carbonyl (C=O) groups is 3. The van der Waals surface area contributed by atoms with E-state index in [1.54, 1.807) is 25.1 Å². The number of benzene rings is 3. The summed E-state index contributed by atoms with van der Waals surface area (Å²) in [4.78, 5) is 35.7. The summed E-state index contributed by atoms with van der Waals surface area (Å²) in [6.07, 6.45) is -0.611. The van der Waals surface area contributed by atoms with Gasteiger partial charge < -0.3 is 15.2 Å². The highest BCUT2D eigenvalue weighted by molar-refractivity contribution is 9.10. The van der Waals surface area contributed by atoms with Crippen LogP contribution in [0.15, 0.2) is 71.2 Å². The number of rotatable bonds is 8. The van der Waals surface area contributed by atoms with Crippen LogP contribution in [0.4, 0.5) is 10.5 Å². The minimum atomic E-state index is -0.904. The summed E-state index contributed by atoms with van der Waals surface area (Å²) >= 11 is 3.39. The lowest BCUT2D eigenvalue weighted by molar-refractivity contribution is -0.137. The van der Waals surface area contributed by atoms with Gasteiger partial charge in [0.05, 0.1) is 5.69 Å². The zero-order chi connectivity index (χ0) is 24.9. The van der Waals surface area contributed by atoms with E-state index in [2.05, 4.69) is 50.8 Å². The van der Waals surface area contributed by atoms with Gasteiger partial charge >= 0.3 is 12.1 Å². The normalized spacial score (nSPS) is 12.9. The fourth-order valence-corrected chi connectivity index (χ4v) is 4.72. The van der Waals surface area contributed by atoms with Gasteiger partial charge in [-0.2, -0.15) is 0 Å². The van der Waals surface area contributed by atoms with Crippen LogP contribution in [0.25, 0.3) is 11.1 Å². The molecule has 1 aliphatic rings. The molecule has 3 aromatic carbocycles. The van der Waals surface area contributed by atoms with E-state index in [0.717, 1.165) is 22.3 Å². The van der Waals surface area contributed by atoms with Crippen LogP contribution >= 0.6 is 15.9 Å². The summed E-state index contributed by atoms with van der Waals surface area (Å²) in [5, 5.41) is 14.3. The highest BCUT2D eigenvalue weighted by Crippen LogP contribution is 2.44. The molecular formula is C27H25BrN2O5. The smallest absolute Gasteiger partial charge is 0.411 e. The maximum atomic E-state index is 12.5. The number of ether oxygens (including phenoxy) is 1. The molecule has 0 radical (unpaired) electrons. The standard InChI is InChI=1S/C27H25BrN2O5/c1-16(12-25(31)32)14-29-26(33)17-10-11-24(23(28)13-17)30-27(34)35-15-22-20-8-4-2-6-18(20)19-7-3-5-9-21(19)22/h2-11,13,16,22H,12,14-15H2,1H3,(H,29,33)(H,30,34)(H,31,32). The van der Waals surface area contributed by atoms with Gasteiger partial charge in [-0.15, -0.1) is 0 Å². The summed E-state index contributed by atoms with van der Waals surface area (Å²) < 4.78 is 6.10. The summed E-state index contributed by atoms with van der Waals surface area (Å²) in [5.41, 5.74) is 5.44. The van der Waals surface area contributed by atoms with Crippen LogP contribution in [0.2, 0.25) is 0 Å². The second kappa shape index (κ2) is 10.7. The molecule has 0 heterocycles. The molecule has 0 aromatic heterocycles. The number of carbonyl (C=O) groups excluding carboxylic acids is 2. The van der Waals surface area contributed by atoms with Crippen LogP contribution in [0.5, 0.6) is 0 Å². The average molecular weight is 537 g/mol. The Morgan fingerprint density at radius 1 is 1.00 bits per heavy atom. The van der Waals surface area contributed by atoms with E-state index in [4.69, 9.17) is 9.84 Å². The Morgan fingerprint density at radius 2 is 1.63 bits per heavy atom. The Kier molecular flexibility index (Phi) is 7.51. The molecule has 3 aromatic rings. The van der Waals surface area contributed by atoms with Gasteiger partial charge in [-0.05, 0) is 62.3 Å². The molecule has 0 spiro atoms. The van der Waals surface area contributed by atoms with E-state index in [-0.39, 0.29) is 37.3 Å². The minimum Gasteiger partial charge on any atom is -0.481 e. The van der Waals surface area contributed by atoms with E-state index in [9.17, 15) is 14.4 Å². The summed E-state index contributed by atoms with van der Waals surface area (Å²) in [6, 6.07) is 21.0. The minimum absolute atomic E-state index is 0.0209. The molecule has 2 amide bonds. The molecule has 8 heteroatoms. The van der Waals surface area contributed by atoms with E-state index < -0.39 is 12.1 Å². The quantitative estimate of drug-likeness (QED) is 0.345. The molecule has 0 saturated heterocycles. The lowest BCUT2D eigenvalue weighted by Gasteiger charge is -2.15. The largest absolute Gasteiger partial charge is 0.481 e. The lowest BCUT2D eigenvalue weighted by atomic mass is 9.98. The van der Waals surface area contributed by atoms with Gasteiger partial charge in [-0.25, -0.2) is 4.79 Å². The highest BCUT2D eigenvalue weighted by Gasteiger charge is 2.29. The SMILES string of the molecule is CC(CNC(=O)c1ccc(NC(=O)OCC2c3ccccc3-c3ccccc32)c(Br)c1)CC(=O)O. The predicted molar refractivity (Wildman–Crippen MR) is 137 cm³/mol. The molecule has 180 valence electrons. The number of carboxylic acid groups (broad SMARTS) is 1. The average Bonchev–Trinajstić information content (AvgIpc) is 3.16. The van der Waals surface area contributed by atoms with E-state index in [1.165, 1.54) is 0 Å². The molecule has 0 bridgehead atoms. The fourth-order valence-electron chi connectivity index (χ4n) is 4.24. The van der Waals surface area contributed by atoms with Crippen molar-refractivity contribution in [1.82, 2.24) is 5.32 Å². The van der Waals surface area contributed by atoms with Crippen LogP contribution in [-0.4, -0.2) is 36.2 Å². The number of fused-ring (bicyclic) bond motifs is 3. The van der Waals surface area contributed by atoms with Crippen molar-refractivity contribution in [3.8, 4) is 11.1 Å². The topological polar surface area (TPSA) is 105 Å². The van der Waals surface area contributed by atoms with Crippen LogP contribution in [0, 0.1) is 5.92 Å². The Bertz CT molecular complexity index is 1230. The number of halogens is 1. The lowest BCUT2D eigenvalue weighted by Crippen LogP contribution is -2.29. The first-order chi connectivity index (χ1) is 16.8. The fraction of sp³-hybridized carbons (Fsp3) is 0.222. The van der Waals surface area contributed by atoms with Crippen molar-refractivity contribution >= 4 is 39.6 Å². The van der Waals surface area contributed by atoms with Crippen molar-refractivity contribution in [1.29, 1.82) is 0 Å². The zero-order valence-corrected chi connectivity index (χ0v) is 20.7. The van der Waals surface area contributed by atoms with Gasteiger partial charge in [0.25, 0.3) is 5.91 Å². The van der Waals surface area contributed by atoms with Crippen molar-refractivity contribution in [3.05, 3.63) is 87.9 Å². The van der Waals surface area contributed by atoms with Gasteiger partial charge in [0, 0.05) is 28.9 Å². The summed E-state index contributed by atoms with van der Waals surface area (Å²) in [5.74, 6) is -1.45. The molecule has 7 nitrogen and oxygen atoms in total. The molecule has 4 rings (SSSR count). The molecule has 35 heavy (non-hydrogen) atoms. The third-order valence-electron chi connectivity index (χ3n) is 5.95. The van der Waals surface area contributed by atoms with Crippen LogP contribution < -0.4 is 10.6 Å². The Hall–Kier alpha value is -3.65. The van der Waals surface area contributed by atoms with Crippen LogP contribution in [0.1, 0.15) is 40.7 Å². The van der Waals surface area contributed by atoms with Gasteiger partial charge in [0.2, 0.25) is 0 Å². The van der Waals surface area contributed by atoms with Crippen LogP contribution in [0.3, 0.4) is 0 Å². The van der Waals surface area contributed by atoms with Crippen molar-refractivity contribution in [2.75, 3.05) is 18.5 Å². The number of anilines is 1. The van der Waals surface area contributed by atoms with Crippen LogP contribution in [-0.2, 0) is 9.53 Å². The van der Waals surface area contributed by atoms with Gasteiger partial charge in [0.1, 0.15) is 6.61 Å². The summed E-state index contributed by atoms with van der Waals surface area (Å²) in [6.45, 7) is 2.21. The second-order valence-electron chi connectivity index (χ2n) is 8.56. The molecular weight excluding hydrogens is 512 g/mol. The number of hydrogen-bond acceptors (Lipinski definition) is 4. The number of nitrogens with one attached hydrogen (secondary N) is 2. The molecule has 0 saturated carbocycles. The van der Waals surface area contributed by atoms with Crippen molar-refractivity contribution in [3.63, 3.8) is 0 Å². The molecule has 0 aliphatic heterocycles. The first-order valence-corrected chi connectivity index (χ1v) is 12.0. The van der Waals surface area contributed by atoms with Gasteiger partial charge in [0.15, 0.2) is 0 Å². The Morgan fingerprint density at radius 3 is 2.23 bits per heavy atom. The number of hydrogen-bond donors (Lipinski definition) is 3. The van der Waals surface area contributed by atoms with Gasteiger partial charge in [-0.3, -0.25) is 14.9 Å². The molecule has 1 unspecified atom stereocenters. The first-order valence-electron chi connectivity index (χ1n) is 11.2. The molecule has 1 atom stereocenters. The van der Waals surface area contributed by atoms with Gasteiger partial charge in [-0.1, -0.05) is 55.5 Å². The number of carboxylic acids is 1. The maximum Gasteiger partial charge on any atom is 0.411 e. The molecule has 0 fully saturated rings. The van der Waals surface area contributed by atoms with Crippen molar-refractivity contribution < 1.29 is 24.2 Å². The van der Waals surface area contributed by atoms with Crippen molar-refractivity contribution in [2.45, 2.75) is 19.3 Å².